The molecule has 1 aliphatic heterocycles. The maximum absolute atomic E-state index is 13.1. The normalized spacial score (nSPS) is 14.6. The molecule has 1 fully saturated rings. The molecule has 32 heavy (non-hydrogen) atoms. The summed E-state index contributed by atoms with van der Waals surface area (Å²) in [4.78, 5) is 24.2. The molecule has 1 N–H and O–H groups in total. The molecule has 7 nitrogen and oxygen atoms in total. The number of carbonyl (C=O) groups is 1. The number of aryl methyl sites for hydroxylation is 3. The Labute approximate surface area is 187 Å². The van der Waals surface area contributed by atoms with Crippen molar-refractivity contribution in [2.24, 2.45) is 13.0 Å². The zero-order valence-corrected chi connectivity index (χ0v) is 18.8. The Morgan fingerprint density at radius 3 is 2.44 bits per heavy atom. The molecular formula is C24H29FN6O. The van der Waals surface area contributed by atoms with Gasteiger partial charge in [0, 0.05) is 44.3 Å². The number of hydrogen-bond donors (Lipinski definition) is 1. The minimum absolute atomic E-state index is 0.154. The average molecular weight is 437 g/mol. The summed E-state index contributed by atoms with van der Waals surface area (Å²) >= 11 is 0. The Morgan fingerprint density at radius 2 is 1.78 bits per heavy atom. The first-order valence-electron chi connectivity index (χ1n) is 11.0. The Kier molecular flexibility index (Phi) is 6.48. The van der Waals surface area contributed by atoms with E-state index in [4.69, 9.17) is 0 Å². The van der Waals surface area contributed by atoms with Gasteiger partial charge in [0.1, 0.15) is 5.82 Å². The van der Waals surface area contributed by atoms with Gasteiger partial charge in [-0.05, 0) is 62.8 Å². The first-order valence-corrected chi connectivity index (χ1v) is 11.0. The van der Waals surface area contributed by atoms with Gasteiger partial charge in [0.25, 0.3) is 5.91 Å². The molecule has 1 saturated heterocycles. The molecule has 0 aliphatic carbocycles. The number of anilines is 1. The topological polar surface area (TPSA) is 75.9 Å². The lowest BCUT2D eigenvalue weighted by Gasteiger charge is -2.32. The van der Waals surface area contributed by atoms with Crippen LogP contribution in [0.4, 0.5) is 10.3 Å². The van der Waals surface area contributed by atoms with E-state index in [-0.39, 0.29) is 11.7 Å². The van der Waals surface area contributed by atoms with E-state index in [9.17, 15) is 9.18 Å². The van der Waals surface area contributed by atoms with Crippen LogP contribution in [-0.4, -0.2) is 38.7 Å². The van der Waals surface area contributed by atoms with Crippen molar-refractivity contribution >= 4 is 11.9 Å². The van der Waals surface area contributed by atoms with E-state index in [1.54, 1.807) is 23.0 Å². The van der Waals surface area contributed by atoms with Crippen molar-refractivity contribution in [3.8, 4) is 0 Å². The number of benzene rings is 1. The summed E-state index contributed by atoms with van der Waals surface area (Å²) in [7, 11) is 1.83. The lowest BCUT2D eigenvalue weighted by atomic mass is 9.91. The molecule has 0 atom stereocenters. The molecule has 1 aliphatic rings. The highest BCUT2D eigenvalue weighted by Gasteiger charge is 2.25. The number of amides is 1. The smallest absolute Gasteiger partial charge is 0.255 e. The summed E-state index contributed by atoms with van der Waals surface area (Å²) in [6.45, 7) is 6.13. The van der Waals surface area contributed by atoms with Crippen molar-refractivity contribution in [3.63, 3.8) is 0 Å². The summed E-state index contributed by atoms with van der Waals surface area (Å²) in [6, 6.07) is 8.12. The van der Waals surface area contributed by atoms with E-state index in [0.29, 0.717) is 18.0 Å². The zero-order chi connectivity index (χ0) is 22.7. The van der Waals surface area contributed by atoms with E-state index in [1.807, 2.05) is 27.0 Å². The SMILES string of the molecule is Cc1cc(C)nc(N2CCC(Cc3nn(C)cc3C(=O)NCc3ccc(F)cc3)CC2)n1. The highest BCUT2D eigenvalue weighted by molar-refractivity contribution is 5.95. The van der Waals surface area contributed by atoms with Crippen molar-refractivity contribution < 1.29 is 9.18 Å². The van der Waals surface area contributed by atoms with Gasteiger partial charge in [-0.2, -0.15) is 5.10 Å². The van der Waals surface area contributed by atoms with E-state index in [1.165, 1.54) is 12.1 Å². The number of halogens is 1. The number of carbonyl (C=O) groups excluding carboxylic acids is 1. The van der Waals surface area contributed by atoms with Crippen molar-refractivity contribution in [1.29, 1.82) is 0 Å². The third-order valence-electron chi connectivity index (χ3n) is 5.87. The fraction of sp³-hybridized carbons (Fsp3) is 0.417. The highest BCUT2D eigenvalue weighted by atomic mass is 19.1. The zero-order valence-electron chi connectivity index (χ0n) is 18.8. The van der Waals surface area contributed by atoms with Gasteiger partial charge in [0.15, 0.2) is 0 Å². The van der Waals surface area contributed by atoms with Gasteiger partial charge in [0.2, 0.25) is 5.95 Å². The fourth-order valence-electron chi connectivity index (χ4n) is 4.21. The van der Waals surface area contributed by atoms with Crippen molar-refractivity contribution in [2.45, 2.75) is 39.7 Å². The second kappa shape index (κ2) is 9.46. The molecule has 0 bridgehead atoms. The maximum atomic E-state index is 13.1. The van der Waals surface area contributed by atoms with Crippen LogP contribution in [0.5, 0.6) is 0 Å². The lowest BCUT2D eigenvalue weighted by molar-refractivity contribution is 0.0949. The molecule has 168 valence electrons. The monoisotopic (exact) mass is 436 g/mol. The first kappa shape index (κ1) is 21.9. The summed E-state index contributed by atoms with van der Waals surface area (Å²) in [6.07, 6.45) is 4.54. The molecule has 4 rings (SSSR count). The minimum atomic E-state index is -0.287. The van der Waals surface area contributed by atoms with Gasteiger partial charge >= 0.3 is 0 Å². The van der Waals surface area contributed by atoms with Crippen LogP contribution in [0.1, 0.15) is 45.8 Å². The predicted octanol–water partition coefficient (Wildman–Crippen LogP) is 3.36. The van der Waals surface area contributed by atoms with Crippen LogP contribution in [0.15, 0.2) is 36.5 Å². The minimum Gasteiger partial charge on any atom is -0.348 e. The van der Waals surface area contributed by atoms with E-state index in [2.05, 4.69) is 25.3 Å². The number of aromatic nitrogens is 4. The first-order chi connectivity index (χ1) is 15.4. The van der Waals surface area contributed by atoms with Gasteiger partial charge < -0.3 is 10.2 Å². The van der Waals surface area contributed by atoms with Crippen LogP contribution >= 0.6 is 0 Å². The molecule has 1 amide bonds. The largest absolute Gasteiger partial charge is 0.348 e. The average Bonchev–Trinajstić information content (AvgIpc) is 3.13. The van der Waals surface area contributed by atoms with Gasteiger partial charge in [0.05, 0.1) is 11.3 Å². The fourth-order valence-corrected chi connectivity index (χ4v) is 4.21. The second-order valence-electron chi connectivity index (χ2n) is 8.56. The standard InChI is InChI=1S/C24H29FN6O/c1-16-12-17(2)28-24(27-16)31-10-8-18(9-11-31)13-22-21(15-30(3)29-22)23(32)26-14-19-4-6-20(25)7-5-19/h4-7,12,15,18H,8-11,13-14H2,1-3H3,(H,26,32). The molecule has 8 heteroatoms. The Bertz CT molecular complexity index is 1070. The third kappa shape index (κ3) is 5.30. The quantitative estimate of drug-likeness (QED) is 0.641. The second-order valence-corrected chi connectivity index (χ2v) is 8.56. The van der Waals surface area contributed by atoms with Crippen LogP contribution in [0.25, 0.3) is 0 Å². The molecule has 0 saturated carbocycles. The number of nitrogens with one attached hydrogen (secondary N) is 1. The summed E-state index contributed by atoms with van der Waals surface area (Å²) in [5.74, 6) is 0.818. The molecule has 2 aromatic heterocycles. The van der Waals surface area contributed by atoms with Gasteiger partial charge in [-0.3, -0.25) is 9.48 Å². The molecule has 0 spiro atoms. The third-order valence-corrected chi connectivity index (χ3v) is 5.87. The Hall–Kier alpha value is -3.29. The van der Waals surface area contributed by atoms with Gasteiger partial charge in [-0.15, -0.1) is 0 Å². The molecule has 1 aromatic carbocycles. The predicted molar refractivity (Wildman–Crippen MR) is 121 cm³/mol. The summed E-state index contributed by atoms with van der Waals surface area (Å²) in [5.41, 5.74) is 4.25. The molecule has 0 radical (unpaired) electrons. The van der Waals surface area contributed by atoms with Crippen LogP contribution in [0, 0.1) is 25.6 Å². The molecule has 3 aromatic rings. The molecular weight excluding hydrogens is 407 g/mol. The van der Waals surface area contributed by atoms with Gasteiger partial charge in [-0.25, -0.2) is 14.4 Å². The van der Waals surface area contributed by atoms with Crippen LogP contribution in [0.2, 0.25) is 0 Å². The number of piperidine rings is 1. The van der Waals surface area contributed by atoms with Crippen molar-refractivity contribution in [2.75, 3.05) is 18.0 Å². The number of nitrogens with zero attached hydrogens (tertiary/aromatic N) is 5. The summed E-state index contributed by atoms with van der Waals surface area (Å²) in [5, 5.41) is 7.49. The summed E-state index contributed by atoms with van der Waals surface area (Å²) < 4.78 is 14.8. The molecule has 0 unspecified atom stereocenters. The lowest BCUT2D eigenvalue weighted by Crippen LogP contribution is -2.36. The molecule has 3 heterocycles. The van der Waals surface area contributed by atoms with E-state index in [0.717, 1.165) is 60.9 Å². The van der Waals surface area contributed by atoms with Crippen LogP contribution in [-0.2, 0) is 20.0 Å². The maximum Gasteiger partial charge on any atom is 0.255 e. The van der Waals surface area contributed by atoms with E-state index < -0.39 is 0 Å². The van der Waals surface area contributed by atoms with Crippen molar-refractivity contribution in [3.05, 3.63) is 70.6 Å². The Morgan fingerprint density at radius 1 is 1.12 bits per heavy atom. The number of rotatable bonds is 6. The highest BCUT2D eigenvalue weighted by Crippen LogP contribution is 2.25. The van der Waals surface area contributed by atoms with Crippen LogP contribution < -0.4 is 10.2 Å². The van der Waals surface area contributed by atoms with Crippen LogP contribution in [0.3, 0.4) is 0 Å². The Balaban J connectivity index is 1.36. The van der Waals surface area contributed by atoms with E-state index >= 15 is 0 Å². The van der Waals surface area contributed by atoms with Crippen molar-refractivity contribution in [1.82, 2.24) is 25.1 Å². The number of hydrogen-bond acceptors (Lipinski definition) is 5. The van der Waals surface area contributed by atoms with Gasteiger partial charge in [-0.1, -0.05) is 12.1 Å².